The zero-order valence-electron chi connectivity index (χ0n) is 10.7. The number of nitrogens with zero attached hydrogens (tertiary/aromatic N) is 1. The molecule has 0 aliphatic rings. The number of rotatable bonds is 3. The predicted molar refractivity (Wildman–Crippen MR) is 70.2 cm³/mol. The summed E-state index contributed by atoms with van der Waals surface area (Å²) < 4.78 is 26.4. The van der Waals surface area contributed by atoms with E-state index in [2.05, 4.69) is 0 Å². The van der Waals surface area contributed by atoms with Crippen LogP contribution in [0.1, 0.15) is 27.4 Å². The van der Waals surface area contributed by atoms with Gasteiger partial charge in [0.05, 0.1) is 6.07 Å². The third-order valence-corrected chi connectivity index (χ3v) is 3.02. The van der Waals surface area contributed by atoms with Gasteiger partial charge in [0.1, 0.15) is 17.6 Å². The fourth-order valence-electron chi connectivity index (χ4n) is 2.03. The molecule has 0 saturated carbocycles. The Morgan fingerprint density at radius 2 is 1.75 bits per heavy atom. The molecule has 2 rings (SSSR count). The van der Waals surface area contributed by atoms with E-state index in [9.17, 15) is 13.6 Å². The number of hydrogen-bond acceptors (Lipinski definition) is 2. The Morgan fingerprint density at radius 3 is 2.30 bits per heavy atom. The van der Waals surface area contributed by atoms with Crippen LogP contribution in [0.4, 0.5) is 8.78 Å². The molecule has 4 heteroatoms. The van der Waals surface area contributed by atoms with Gasteiger partial charge in [0.25, 0.3) is 0 Å². The van der Waals surface area contributed by atoms with Gasteiger partial charge in [-0.3, -0.25) is 4.79 Å². The maximum absolute atomic E-state index is 13.2. The van der Waals surface area contributed by atoms with E-state index in [1.54, 1.807) is 31.2 Å². The second-order valence-corrected chi connectivity index (χ2v) is 4.44. The summed E-state index contributed by atoms with van der Waals surface area (Å²) in [4.78, 5) is 12.4. The topological polar surface area (TPSA) is 40.9 Å². The Kier molecular flexibility index (Phi) is 3.90. The van der Waals surface area contributed by atoms with Crippen molar-refractivity contribution in [1.82, 2.24) is 0 Å². The number of carbonyl (C=O) groups is 1. The summed E-state index contributed by atoms with van der Waals surface area (Å²) in [6, 6.07) is 11.3. The van der Waals surface area contributed by atoms with Gasteiger partial charge in [-0.15, -0.1) is 0 Å². The monoisotopic (exact) mass is 271 g/mol. The first-order valence-electron chi connectivity index (χ1n) is 5.98. The van der Waals surface area contributed by atoms with Gasteiger partial charge < -0.3 is 0 Å². The molecule has 0 spiro atoms. The summed E-state index contributed by atoms with van der Waals surface area (Å²) in [6.07, 6.45) is 0. The molecule has 100 valence electrons. The third kappa shape index (κ3) is 2.72. The lowest BCUT2D eigenvalue weighted by molar-refractivity contribution is 0.0978. The van der Waals surface area contributed by atoms with E-state index >= 15 is 0 Å². The molecule has 2 nitrogen and oxygen atoms in total. The molecule has 0 N–H and O–H groups in total. The summed E-state index contributed by atoms with van der Waals surface area (Å²) in [7, 11) is 0. The predicted octanol–water partition coefficient (Wildman–Crippen LogP) is 3.76. The molecule has 1 atom stereocenters. The molecular formula is C16H11F2NO. The SMILES string of the molecule is Cc1ccccc1C(=O)C(C#N)c1cc(F)cc(F)c1. The standard InChI is InChI=1S/C16H11F2NO/c1-10-4-2-3-5-14(10)16(20)15(9-19)11-6-12(17)8-13(18)7-11/h2-8,15H,1H3. The van der Waals surface area contributed by atoms with E-state index in [0.29, 0.717) is 11.6 Å². The molecule has 2 aromatic rings. The van der Waals surface area contributed by atoms with Gasteiger partial charge >= 0.3 is 0 Å². The van der Waals surface area contributed by atoms with Crippen LogP contribution in [0.5, 0.6) is 0 Å². The van der Waals surface area contributed by atoms with Crippen LogP contribution in [0, 0.1) is 29.9 Å². The lowest BCUT2D eigenvalue weighted by atomic mass is 9.90. The molecule has 0 bridgehead atoms. The summed E-state index contributed by atoms with van der Waals surface area (Å²) in [6.45, 7) is 1.74. The molecule has 0 fully saturated rings. The minimum atomic E-state index is -1.22. The van der Waals surface area contributed by atoms with Crippen LogP contribution in [-0.4, -0.2) is 5.78 Å². The maximum atomic E-state index is 13.2. The highest BCUT2D eigenvalue weighted by atomic mass is 19.1. The first kappa shape index (κ1) is 13.9. The minimum absolute atomic E-state index is 0.0262. The molecule has 0 aliphatic carbocycles. The van der Waals surface area contributed by atoms with Crippen LogP contribution < -0.4 is 0 Å². The molecule has 20 heavy (non-hydrogen) atoms. The zero-order chi connectivity index (χ0) is 14.7. The molecule has 1 unspecified atom stereocenters. The van der Waals surface area contributed by atoms with E-state index < -0.39 is 23.3 Å². The smallest absolute Gasteiger partial charge is 0.184 e. The first-order valence-corrected chi connectivity index (χ1v) is 5.98. The number of aryl methyl sites for hydroxylation is 1. The van der Waals surface area contributed by atoms with Crippen LogP contribution in [0.2, 0.25) is 0 Å². The Labute approximate surface area is 115 Å². The van der Waals surface area contributed by atoms with Crippen molar-refractivity contribution in [1.29, 1.82) is 5.26 Å². The second kappa shape index (κ2) is 5.62. The average molecular weight is 271 g/mol. The van der Waals surface area contributed by atoms with Crippen LogP contribution >= 0.6 is 0 Å². The average Bonchev–Trinajstić information content (AvgIpc) is 2.38. The number of hydrogen-bond donors (Lipinski definition) is 0. The van der Waals surface area contributed by atoms with Gasteiger partial charge in [-0.1, -0.05) is 24.3 Å². The molecule has 0 aromatic heterocycles. The number of ketones is 1. The Bertz CT molecular complexity index is 684. The van der Waals surface area contributed by atoms with Crippen LogP contribution in [0.15, 0.2) is 42.5 Å². The van der Waals surface area contributed by atoms with Gasteiger partial charge in [-0.05, 0) is 30.2 Å². The number of carbonyl (C=O) groups excluding carboxylic acids is 1. The van der Waals surface area contributed by atoms with Gasteiger partial charge in [0.2, 0.25) is 0 Å². The maximum Gasteiger partial charge on any atom is 0.184 e. The first-order chi connectivity index (χ1) is 9.52. The van der Waals surface area contributed by atoms with Crippen molar-refractivity contribution in [3.8, 4) is 6.07 Å². The zero-order valence-corrected chi connectivity index (χ0v) is 10.7. The van der Waals surface area contributed by atoms with Crippen molar-refractivity contribution in [2.45, 2.75) is 12.8 Å². The number of halogens is 2. The molecule has 0 heterocycles. The second-order valence-electron chi connectivity index (χ2n) is 4.44. The molecule has 0 saturated heterocycles. The highest BCUT2D eigenvalue weighted by molar-refractivity contribution is 6.03. The number of nitriles is 1. The fraction of sp³-hybridized carbons (Fsp3) is 0.125. The van der Waals surface area contributed by atoms with E-state index in [1.165, 1.54) is 0 Å². The Hall–Kier alpha value is -2.54. The minimum Gasteiger partial charge on any atom is -0.292 e. The van der Waals surface area contributed by atoms with Gasteiger partial charge in [0.15, 0.2) is 5.78 Å². The molecule has 2 aromatic carbocycles. The fourth-order valence-corrected chi connectivity index (χ4v) is 2.03. The van der Waals surface area contributed by atoms with Crippen molar-refractivity contribution in [2.75, 3.05) is 0 Å². The Morgan fingerprint density at radius 1 is 1.15 bits per heavy atom. The summed E-state index contributed by atoms with van der Waals surface area (Å²) in [5.74, 6) is -3.30. The van der Waals surface area contributed by atoms with Crippen LogP contribution in [-0.2, 0) is 0 Å². The molecule has 0 aliphatic heterocycles. The van der Waals surface area contributed by atoms with Crippen molar-refractivity contribution in [3.05, 3.63) is 70.8 Å². The van der Waals surface area contributed by atoms with Gasteiger partial charge in [0, 0.05) is 11.6 Å². The van der Waals surface area contributed by atoms with Gasteiger partial charge in [-0.25, -0.2) is 8.78 Å². The highest BCUT2D eigenvalue weighted by Gasteiger charge is 2.24. The van der Waals surface area contributed by atoms with E-state index in [4.69, 9.17) is 5.26 Å². The number of benzene rings is 2. The summed E-state index contributed by atoms with van der Waals surface area (Å²) >= 11 is 0. The van der Waals surface area contributed by atoms with E-state index in [1.807, 2.05) is 6.07 Å². The number of Topliss-reactive ketones (excluding diaryl/α,β-unsaturated/α-hetero) is 1. The van der Waals surface area contributed by atoms with Crippen LogP contribution in [0.3, 0.4) is 0 Å². The van der Waals surface area contributed by atoms with E-state index in [0.717, 1.165) is 17.7 Å². The molecule has 0 amide bonds. The lowest BCUT2D eigenvalue weighted by Crippen LogP contribution is -2.13. The van der Waals surface area contributed by atoms with Crippen molar-refractivity contribution in [2.24, 2.45) is 0 Å². The quantitative estimate of drug-likeness (QED) is 0.797. The molecule has 0 radical (unpaired) electrons. The van der Waals surface area contributed by atoms with Crippen LogP contribution in [0.25, 0.3) is 0 Å². The van der Waals surface area contributed by atoms with E-state index in [-0.39, 0.29) is 5.56 Å². The third-order valence-electron chi connectivity index (χ3n) is 3.02. The van der Waals surface area contributed by atoms with Gasteiger partial charge in [-0.2, -0.15) is 5.26 Å². The summed E-state index contributed by atoms with van der Waals surface area (Å²) in [5, 5.41) is 9.17. The normalized spacial score (nSPS) is 11.7. The van der Waals surface area contributed by atoms with Crippen molar-refractivity contribution < 1.29 is 13.6 Å². The molecular weight excluding hydrogens is 260 g/mol. The Balaban J connectivity index is 2.46. The lowest BCUT2D eigenvalue weighted by Gasteiger charge is -2.11. The summed E-state index contributed by atoms with van der Waals surface area (Å²) in [5.41, 5.74) is 1.12. The highest BCUT2D eigenvalue weighted by Crippen LogP contribution is 2.23. The van der Waals surface area contributed by atoms with Crippen molar-refractivity contribution >= 4 is 5.78 Å². The largest absolute Gasteiger partial charge is 0.292 e. The van der Waals surface area contributed by atoms with Crippen molar-refractivity contribution in [3.63, 3.8) is 0 Å².